The van der Waals surface area contributed by atoms with Gasteiger partial charge < -0.3 is 9.88 Å². The molecule has 17 heavy (non-hydrogen) atoms. The molecular weight excluding hydrogens is 230 g/mol. The molecule has 0 aromatic carbocycles. The molecule has 2 aromatic heterocycles. The molecule has 0 fully saturated rings. The molecule has 0 aliphatic rings. The lowest BCUT2D eigenvalue weighted by atomic mass is 10.2. The second-order valence-corrected chi connectivity index (χ2v) is 5.43. The molecule has 0 atom stereocenters. The normalized spacial score (nSPS) is 11.1. The van der Waals surface area contributed by atoms with E-state index >= 15 is 0 Å². The smallest absolute Gasteiger partial charge is 0.0943 e. The van der Waals surface area contributed by atoms with Crippen molar-refractivity contribution in [3.05, 3.63) is 28.7 Å². The minimum absolute atomic E-state index is 0.986. The highest BCUT2D eigenvalue weighted by Gasteiger charge is 2.11. The first-order valence-electron chi connectivity index (χ1n) is 5.86. The Morgan fingerprint density at radius 3 is 2.76 bits per heavy atom. The SMILES string of the molecule is CNCCc1ncc(-c2cc(C)n(C)c2C)s1. The van der Waals surface area contributed by atoms with E-state index in [0.717, 1.165) is 13.0 Å². The summed E-state index contributed by atoms with van der Waals surface area (Å²) in [6.07, 6.45) is 3.00. The van der Waals surface area contributed by atoms with Gasteiger partial charge in [0.15, 0.2) is 0 Å². The zero-order valence-electron chi connectivity index (χ0n) is 10.9. The molecule has 4 heteroatoms. The van der Waals surface area contributed by atoms with Crippen LogP contribution in [-0.4, -0.2) is 23.1 Å². The predicted octanol–water partition coefficient (Wildman–Crippen LogP) is 2.53. The fourth-order valence-electron chi connectivity index (χ4n) is 1.89. The van der Waals surface area contributed by atoms with Crippen molar-refractivity contribution in [2.75, 3.05) is 13.6 Å². The minimum atomic E-state index is 0.986. The first-order chi connectivity index (χ1) is 8.13. The standard InChI is InChI=1S/C13H19N3S/c1-9-7-11(10(2)16(9)4)12-8-15-13(17-12)5-6-14-3/h7-8,14H,5-6H2,1-4H3. The Balaban J connectivity index is 2.27. The van der Waals surface area contributed by atoms with Gasteiger partial charge in [0.25, 0.3) is 0 Å². The van der Waals surface area contributed by atoms with Gasteiger partial charge in [-0.05, 0) is 27.0 Å². The second kappa shape index (κ2) is 5.02. The Hall–Kier alpha value is -1.13. The molecule has 0 spiro atoms. The molecule has 3 nitrogen and oxygen atoms in total. The molecule has 0 unspecified atom stereocenters. The number of rotatable bonds is 4. The van der Waals surface area contributed by atoms with Crippen molar-refractivity contribution in [3.63, 3.8) is 0 Å². The molecule has 0 amide bonds. The second-order valence-electron chi connectivity index (χ2n) is 4.32. The van der Waals surface area contributed by atoms with Crippen LogP contribution in [0, 0.1) is 13.8 Å². The highest BCUT2D eigenvalue weighted by molar-refractivity contribution is 7.15. The zero-order valence-corrected chi connectivity index (χ0v) is 11.7. The topological polar surface area (TPSA) is 29.9 Å². The molecule has 2 rings (SSSR count). The van der Waals surface area contributed by atoms with Gasteiger partial charge in [0, 0.05) is 43.2 Å². The van der Waals surface area contributed by atoms with Crippen molar-refractivity contribution in [2.45, 2.75) is 20.3 Å². The molecule has 1 N–H and O–H groups in total. The highest BCUT2D eigenvalue weighted by Crippen LogP contribution is 2.30. The van der Waals surface area contributed by atoms with E-state index in [1.165, 1.54) is 26.8 Å². The van der Waals surface area contributed by atoms with Gasteiger partial charge in [0.2, 0.25) is 0 Å². The largest absolute Gasteiger partial charge is 0.352 e. The van der Waals surface area contributed by atoms with Crippen LogP contribution in [0.5, 0.6) is 0 Å². The molecule has 0 saturated carbocycles. The number of likely N-dealkylation sites (N-methyl/N-ethyl adjacent to an activating group) is 1. The van der Waals surface area contributed by atoms with Crippen LogP contribution in [0.25, 0.3) is 10.4 Å². The number of aromatic nitrogens is 2. The summed E-state index contributed by atoms with van der Waals surface area (Å²) in [6, 6.07) is 2.24. The van der Waals surface area contributed by atoms with Crippen molar-refractivity contribution in [1.82, 2.24) is 14.9 Å². The average Bonchev–Trinajstić information content (AvgIpc) is 2.87. The lowest BCUT2D eigenvalue weighted by molar-refractivity contribution is 0.787. The lowest BCUT2D eigenvalue weighted by Gasteiger charge is -1.99. The fourth-order valence-corrected chi connectivity index (χ4v) is 2.87. The lowest BCUT2D eigenvalue weighted by Crippen LogP contribution is -2.09. The average molecular weight is 249 g/mol. The van der Waals surface area contributed by atoms with E-state index in [-0.39, 0.29) is 0 Å². The Morgan fingerprint density at radius 2 is 2.18 bits per heavy atom. The number of hydrogen-bond acceptors (Lipinski definition) is 3. The molecule has 0 aliphatic carbocycles. The number of aryl methyl sites for hydroxylation is 1. The van der Waals surface area contributed by atoms with Crippen LogP contribution in [-0.2, 0) is 13.5 Å². The summed E-state index contributed by atoms with van der Waals surface area (Å²) in [5.74, 6) is 0. The van der Waals surface area contributed by atoms with Crippen molar-refractivity contribution >= 4 is 11.3 Å². The molecule has 0 saturated heterocycles. The molecule has 92 valence electrons. The summed E-state index contributed by atoms with van der Waals surface area (Å²) in [6.45, 7) is 5.29. The zero-order chi connectivity index (χ0) is 12.4. The van der Waals surface area contributed by atoms with Gasteiger partial charge >= 0.3 is 0 Å². The van der Waals surface area contributed by atoms with Crippen molar-refractivity contribution < 1.29 is 0 Å². The number of nitrogens with one attached hydrogen (secondary N) is 1. The maximum absolute atomic E-state index is 4.48. The Kier molecular flexibility index (Phi) is 3.64. The monoisotopic (exact) mass is 249 g/mol. The first kappa shape index (κ1) is 12.3. The Morgan fingerprint density at radius 1 is 1.41 bits per heavy atom. The summed E-state index contributed by atoms with van der Waals surface area (Å²) in [5, 5.41) is 4.36. The summed E-state index contributed by atoms with van der Waals surface area (Å²) < 4.78 is 2.22. The molecule has 0 radical (unpaired) electrons. The van der Waals surface area contributed by atoms with Crippen molar-refractivity contribution in [2.24, 2.45) is 7.05 Å². The third-order valence-electron chi connectivity index (χ3n) is 3.18. The quantitative estimate of drug-likeness (QED) is 0.902. The molecule has 2 heterocycles. The maximum Gasteiger partial charge on any atom is 0.0943 e. The van der Waals surface area contributed by atoms with Crippen molar-refractivity contribution in [3.8, 4) is 10.4 Å². The van der Waals surface area contributed by atoms with Gasteiger partial charge in [0.05, 0.1) is 9.88 Å². The number of nitrogens with zero attached hydrogens (tertiary/aromatic N) is 2. The van der Waals surface area contributed by atoms with Crippen LogP contribution in [0.2, 0.25) is 0 Å². The van der Waals surface area contributed by atoms with Crippen LogP contribution in [0.4, 0.5) is 0 Å². The van der Waals surface area contributed by atoms with Crippen LogP contribution >= 0.6 is 11.3 Å². The third kappa shape index (κ3) is 2.42. The predicted molar refractivity (Wildman–Crippen MR) is 73.6 cm³/mol. The Bertz CT molecular complexity index is 511. The van der Waals surface area contributed by atoms with E-state index in [0.29, 0.717) is 0 Å². The van der Waals surface area contributed by atoms with Gasteiger partial charge in [-0.1, -0.05) is 0 Å². The van der Waals surface area contributed by atoms with Gasteiger partial charge in [-0.3, -0.25) is 0 Å². The summed E-state index contributed by atoms with van der Waals surface area (Å²) in [7, 11) is 4.08. The van der Waals surface area contributed by atoms with Gasteiger partial charge in [-0.2, -0.15) is 0 Å². The fraction of sp³-hybridized carbons (Fsp3) is 0.462. The molecule has 0 aliphatic heterocycles. The van der Waals surface area contributed by atoms with E-state index in [1.54, 1.807) is 11.3 Å². The van der Waals surface area contributed by atoms with E-state index in [1.807, 2.05) is 13.2 Å². The first-order valence-corrected chi connectivity index (χ1v) is 6.67. The number of thiazole rings is 1. The van der Waals surface area contributed by atoms with Gasteiger partial charge in [-0.25, -0.2) is 4.98 Å². The van der Waals surface area contributed by atoms with Gasteiger partial charge in [0.1, 0.15) is 0 Å². The van der Waals surface area contributed by atoms with Crippen LogP contribution < -0.4 is 5.32 Å². The van der Waals surface area contributed by atoms with E-state index in [4.69, 9.17) is 0 Å². The van der Waals surface area contributed by atoms with E-state index < -0.39 is 0 Å². The van der Waals surface area contributed by atoms with E-state index in [9.17, 15) is 0 Å². The van der Waals surface area contributed by atoms with Crippen LogP contribution in [0.3, 0.4) is 0 Å². The minimum Gasteiger partial charge on any atom is -0.352 e. The van der Waals surface area contributed by atoms with Gasteiger partial charge in [-0.15, -0.1) is 11.3 Å². The summed E-state index contributed by atoms with van der Waals surface area (Å²) in [5.41, 5.74) is 3.92. The number of hydrogen-bond donors (Lipinski definition) is 1. The Labute approximate surface area is 107 Å². The van der Waals surface area contributed by atoms with Crippen LogP contribution in [0.15, 0.2) is 12.3 Å². The molecule has 2 aromatic rings. The van der Waals surface area contributed by atoms with Crippen molar-refractivity contribution in [1.29, 1.82) is 0 Å². The van der Waals surface area contributed by atoms with Crippen LogP contribution in [0.1, 0.15) is 16.4 Å². The summed E-state index contributed by atoms with van der Waals surface area (Å²) in [4.78, 5) is 5.75. The maximum atomic E-state index is 4.48. The summed E-state index contributed by atoms with van der Waals surface area (Å²) >= 11 is 1.80. The molecular formula is C13H19N3S. The highest BCUT2D eigenvalue weighted by atomic mass is 32.1. The van der Waals surface area contributed by atoms with E-state index in [2.05, 4.69) is 41.8 Å². The third-order valence-corrected chi connectivity index (χ3v) is 4.27. The molecule has 0 bridgehead atoms.